The topological polar surface area (TPSA) is 57.8 Å². The molecule has 0 atom stereocenters. The molecular weight excluding hydrogens is 166 g/mol. The number of carbonyl (C=O) groups is 1. The standard InChI is InChI=1S/C9H9N3O/c13-9(7-3-1-2-4-7)12-8-5-10-6-11-8/h1-3,5-6H,4H2,(H,10,11)(H,12,13). The third-order valence-corrected chi connectivity index (χ3v) is 1.81. The lowest BCUT2D eigenvalue weighted by Gasteiger charge is -2.01. The van der Waals surface area contributed by atoms with Crippen LogP contribution in [-0.2, 0) is 4.79 Å². The van der Waals surface area contributed by atoms with Crippen LogP contribution in [-0.4, -0.2) is 15.9 Å². The average Bonchev–Trinajstić information content (AvgIpc) is 2.74. The SMILES string of the molecule is O=C(Nc1cnc[nH]1)C1=CC=CC1. The molecule has 66 valence electrons. The van der Waals surface area contributed by atoms with Crippen molar-refractivity contribution in [3.63, 3.8) is 0 Å². The summed E-state index contributed by atoms with van der Waals surface area (Å²) in [6.45, 7) is 0. The van der Waals surface area contributed by atoms with Gasteiger partial charge in [-0.2, -0.15) is 0 Å². The highest BCUT2D eigenvalue weighted by Gasteiger charge is 2.10. The number of aromatic nitrogens is 2. The lowest BCUT2D eigenvalue weighted by molar-refractivity contribution is -0.112. The number of anilines is 1. The van der Waals surface area contributed by atoms with Gasteiger partial charge < -0.3 is 10.3 Å². The van der Waals surface area contributed by atoms with Crippen LogP contribution in [0.1, 0.15) is 6.42 Å². The summed E-state index contributed by atoms with van der Waals surface area (Å²) in [4.78, 5) is 18.0. The van der Waals surface area contributed by atoms with E-state index in [1.807, 2.05) is 18.2 Å². The van der Waals surface area contributed by atoms with Crippen molar-refractivity contribution in [1.82, 2.24) is 9.97 Å². The molecule has 1 amide bonds. The molecule has 0 unspecified atom stereocenters. The Morgan fingerprint density at radius 2 is 2.54 bits per heavy atom. The first-order valence-corrected chi connectivity index (χ1v) is 4.02. The van der Waals surface area contributed by atoms with E-state index in [2.05, 4.69) is 15.3 Å². The number of nitrogens with zero attached hydrogens (tertiary/aromatic N) is 1. The Morgan fingerprint density at radius 1 is 1.62 bits per heavy atom. The molecule has 4 heteroatoms. The molecule has 4 nitrogen and oxygen atoms in total. The summed E-state index contributed by atoms with van der Waals surface area (Å²) in [7, 11) is 0. The fraction of sp³-hybridized carbons (Fsp3) is 0.111. The molecule has 1 aliphatic carbocycles. The van der Waals surface area contributed by atoms with E-state index < -0.39 is 0 Å². The molecule has 1 aromatic rings. The Hall–Kier alpha value is -1.84. The average molecular weight is 175 g/mol. The van der Waals surface area contributed by atoms with Crippen molar-refractivity contribution < 1.29 is 4.79 Å². The molecule has 2 N–H and O–H groups in total. The number of hydrogen-bond acceptors (Lipinski definition) is 2. The van der Waals surface area contributed by atoms with Gasteiger partial charge in [0.05, 0.1) is 12.5 Å². The molecule has 1 aromatic heterocycles. The van der Waals surface area contributed by atoms with Crippen molar-refractivity contribution >= 4 is 11.7 Å². The maximum atomic E-state index is 11.4. The summed E-state index contributed by atoms with van der Waals surface area (Å²) in [6, 6.07) is 0. The number of imidazole rings is 1. The summed E-state index contributed by atoms with van der Waals surface area (Å²) in [6.07, 6.45) is 9.44. The number of allylic oxidation sites excluding steroid dienone is 3. The number of H-pyrrole nitrogens is 1. The smallest absolute Gasteiger partial charge is 0.253 e. The van der Waals surface area contributed by atoms with Crippen molar-refractivity contribution in [2.75, 3.05) is 5.32 Å². The lowest BCUT2D eigenvalue weighted by Crippen LogP contribution is -2.13. The third kappa shape index (κ3) is 1.66. The first-order chi connectivity index (χ1) is 6.36. The lowest BCUT2D eigenvalue weighted by atomic mass is 10.2. The van der Waals surface area contributed by atoms with Gasteiger partial charge in [0, 0.05) is 5.57 Å². The van der Waals surface area contributed by atoms with Crippen molar-refractivity contribution in [3.05, 3.63) is 36.3 Å². The summed E-state index contributed by atoms with van der Waals surface area (Å²) >= 11 is 0. The summed E-state index contributed by atoms with van der Waals surface area (Å²) < 4.78 is 0. The second kappa shape index (κ2) is 3.26. The van der Waals surface area contributed by atoms with Crippen molar-refractivity contribution in [3.8, 4) is 0 Å². The van der Waals surface area contributed by atoms with E-state index in [4.69, 9.17) is 0 Å². The highest BCUT2D eigenvalue weighted by atomic mass is 16.1. The van der Waals surface area contributed by atoms with Crippen LogP contribution in [0.25, 0.3) is 0 Å². The van der Waals surface area contributed by atoms with E-state index in [0.29, 0.717) is 12.2 Å². The predicted octanol–water partition coefficient (Wildman–Crippen LogP) is 1.23. The van der Waals surface area contributed by atoms with Gasteiger partial charge in [-0.3, -0.25) is 4.79 Å². The maximum absolute atomic E-state index is 11.4. The van der Waals surface area contributed by atoms with E-state index in [0.717, 1.165) is 5.57 Å². The Kier molecular flexibility index (Phi) is 1.96. The Labute approximate surface area is 75.4 Å². The van der Waals surface area contributed by atoms with Crippen LogP contribution in [0.4, 0.5) is 5.82 Å². The highest BCUT2D eigenvalue weighted by molar-refractivity contribution is 6.03. The molecule has 0 spiro atoms. The third-order valence-electron chi connectivity index (χ3n) is 1.81. The van der Waals surface area contributed by atoms with Crippen LogP contribution < -0.4 is 5.32 Å². The van der Waals surface area contributed by atoms with E-state index in [9.17, 15) is 4.79 Å². The van der Waals surface area contributed by atoms with Gasteiger partial charge in [0.15, 0.2) is 0 Å². The summed E-state index contributed by atoms with van der Waals surface area (Å²) in [5.74, 6) is 0.548. The fourth-order valence-corrected chi connectivity index (χ4v) is 1.14. The minimum absolute atomic E-state index is 0.0748. The molecule has 1 aliphatic rings. The minimum Gasteiger partial charge on any atom is -0.331 e. The zero-order chi connectivity index (χ0) is 9.10. The van der Waals surface area contributed by atoms with Gasteiger partial charge in [0.25, 0.3) is 5.91 Å². The van der Waals surface area contributed by atoms with Crippen molar-refractivity contribution in [1.29, 1.82) is 0 Å². The van der Waals surface area contributed by atoms with Crippen molar-refractivity contribution in [2.45, 2.75) is 6.42 Å². The highest BCUT2D eigenvalue weighted by Crippen LogP contribution is 2.12. The molecule has 0 aromatic carbocycles. The summed E-state index contributed by atoms with van der Waals surface area (Å²) in [5, 5.41) is 2.70. The van der Waals surface area contributed by atoms with Crippen LogP contribution in [0.3, 0.4) is 0 Å². The number of hydrogen-bond donors (Lipinski definition) is 2. The van der Waals surface area contributed by atoms with Crippen LogP contribution in [0, 0.1) is 0 Å². The van der Waals surface area contributed by atoms with E-state index in [1.54, 1.807) is 6.20 Å². The van der Waals surface area contributed by atoms with E-state index in [-0.39, 0.29) is 5.91 Å². The Morgan fingerprint density at radius 3 is 3.15 bits per heavy atom. The minimum atomic E-state index is -0.0748. The number of aromatic amines is 1. The molecule has 0 saturated carbocycles. The molecule has 1 heterocycles. The Bertz CT molecular complexity index is 362. The van der Waals surface area contributed by atoms with E-state index >= 15 is 0 Å². The quantitative estimate of drug-likeness (QED) is 0.710. The number of carbonyl (C=O) groups excluding carboxylic acids is 1. The van der Waals surface area contributed by atoms with Crippen LogP contribution >= 0.6 is 0 Å². The molecule has 13 heavy (non-hydrogen) atoms. The largest absolute Gasteiger partial charge is 0.331 e. The fourth-order valence-electron chi connectivity index (χ4n) is 1.14. The monoisotopic (exact) mass is 175 g/mol. The molecule has 0 aliphatic heterocycles. The number of amides is 1. The number of nitrogens with one attached hydrogen (secondary N) is 2. The molecule has 0 saturated heterocycles. The maximum Gasteiger partial charge on any atom is 0.253 e. The normalized spacial score (nSPS) is 14.3. The Balaban J connectivity index is 2.00. The second-order valence-electron chi connectivity index (χ2n) is 2.74. The predicted molar refractivity (Wildman–Crippen MR) is 49.1 cm³/mol. The molecule has 0 radical (unpaired) electrons. The molecule has 0 fully saturated rings. The summed E-state index contributed by atoms with van der Waals surface area (Å²) in [5.41, 5.74) is 0.773. The van der Waals surface area contributed by atoms with Gasteiger partial charge in [-0.15, -0.1) is 0 Å². The van der Waals surface area contributed by atoms with Crippen LogP contribution in [0.2, 0.25) is 0 Å². The van der Waals surface area contributed by atoms with Gasteiger partial charge in [0.1, 0.15) is 5.82 Å². The molecule has 2 rings (SSSR count). The van der Waals surface area contributed by atoms with E-state index in [1.165, 1.54) is 6.33 Å². The first-order valence-electron chi connectivity index (χ1n) is 4.02. The van der Waals surface area contributed by atoms with Gasteiger partial charge in [-0.1, -0.05) is 18.2 Å². The van der Waals surface area contributed by atoms with Crippen LogP contribution in [0.15, 0.2) is 36.3 Å². The van der Waals surface area contributed by atoms with Gasteiger partial charge in [-0.05, 0) is 6.42 Å². The first kappa shape index (κ1) is 7.79. The van der Waals surface area contributed by atoms with Gasteiger partial charge in [0.2, 0.25) is 0 Å². The zero-order valence-corrected chi connectivity index (χ0v) is 6.95. The zero-order valence-electron chi connectivity index (χ0n) is 6.95. The number of rotatable bonds is 2. The second-order valence-corrected chi connectivity index (χ2v) is 2.74. The molecule has 0 bridgehead atoms. The van der Waals surface area contributed by atoms with Crippen LogP contribution in [0.5, 0.6) is 0 Å². The van der Waals surface area contributed by atoms with Gasteiger partial charge >= 0.3 is 0 Å². The molecular formula is C9H9N3O. The van der Waals surface area contributed by atoms with Gasteiger partial charge in [-0.25, -0.2) is 4.98 Å². The van der Waals surface area contributed by atoms with Crippen molar-refractivity contribution in [2.24, 2.45) is 0 Å².